The maximum atomic E-state index is 11.7. The molecular formula is C11H17N3O2. The Morgan fingerprint density at radius 3 is 2.81 bits per heavy atom. The van der Waals surface area contributed by atoms with E-state index in [1.807, 2.05) is 0 Å². The highest BCUT2D eigenvalue weighted by Gasteiger charge is 2.10. The van der Waals surface area contributed by atoms with Gasteiger partial charge in [-0.2, -0.15) is 0 Å². The number of aryl methyl sites for hydroxylation is 2. The molecule has 0 aliphatic rings. The van der Waals surface area contributed by atoms with Gasteiger partial charge < -0.3 is 10.4 Å². The average Bonchev–Trinajstić information content (AvgIpc) is 2.16. The van der Waals surface area contributed by atoms with Gasteiger partial charge in [0.05, 0.1) is 17.4 Å². The van der Waals surface area contributed by atoms with Crippen LogP contribution in [0.3, 0.4) is 0 Å². The fourth-order valence-electron chi connectivity index (χ4n) is 1.30. The first-order chi connectivity index (χ1) is 7.50. The lowest BCUT2D eigenvalue weighted by molar-refractivity contribution is 0.0944. The molecule has 88 valence electrons. The molecular weight excluding hydrogens is 206 g/mol. The Kier molecular flexibility index (Phi) is 4.37. The molecule has 1 atom stereocenters. The third-order valence-electron chi connectivity index (χ3n) is 2.19. The van der Waals surface area contributed by atoms with E-state index in [0.29, 0.717) is 30.0 Å². The van der Waals surface area contributed by atoms with Gasteiger partial charge in [0, 0.05) is 12.7 Å². The molecule has 0 saturated carbocycles. The minimum atomic E-state index is -0.407. The number of hydrogen-bond acceptors (Lipinski definition) is 4. The van der Waals surface area contributed by atoms with E-state index < -0.39 is 6.10 Å². The second-order valence-electron chi connectivity index (χ2n) is 3.81. The normalized spacial score (nSPS) is 12.2. The fourth-order valence-corrected chi connectivity index (χ4v) is 1.30. The van der Waals surface area contributed by atoms with Crippen molar-refractivity contribution in [1.29, 1.82) is 0 Å². The Hall–Kier alpha value is -1.49. The van der Waals surface area contributed by atoms with Crippen LogP contribution in [-0.4, -0.2) is 33.6 Å². The van der Waals surface area contributed by atoms with Crippen LogP contribution in [0.1, 0.15) is 35.2 Å². The number of nitrogens with zero attached hydrogens (tertiary/aromatic N) is 2. The van der Waals surface area contributed by atoms with Crippen LogP contribution in [-0.2, 0) is 0 Å². The summed E-state index contributed by atoms with van der Waals surface area (Å²) in [6.07, 6.45) is 1.66. The molecule has 16 heavy (non-hydrogen) atoms. The summed E-state index contributed by atoms with van der Waals surface area (Å²) in [5, 5.41) is 11.8. The smallest absolute Gasteiger partial charge is 0.254 e. The van der Waals surface area contributed by atoms with E-state index >= 15 is 0 Å². The van der Waals surface area contributed by atoms with Crippen LogP contribution < -0.4 is 5.32 Å². The molecule has 1 aromatic heterocycles. The van der Waals surface area contributed by atoms with Crippen molar-refractivity contribution in [2.24, 2.45) is 0 Å². The van der Waals surface area contributed by atoms with Crippen LogP contribution in [0.25, 0.3) is 0 Å². The molecule has 1 unspecified atom stereocenters. The summed E-state index contributed by atoms with van der Waals surface area (Å²) in [5.74, 6) is 0.455. The van der Waals surface area contributed by atoms with Crippen molar-refractivity contribution in [3.05, 3.63) is 23.3 Å². The lowest BCUT2D eigenvalue weighted by atomic mass is 10.2. The zero-order valence-corrected chi connectivity index (χ0v) is 9.82. The molecule has 1 heterocycles. The Labute approximate surface area is 94.9 Å². The van der Waals surface area contributed by atoms with Crippen LogP contribution >= 0.6 is 0 Å². The Morgan fingerprint density at radius 1 is 1.56 bits per heavy atom. The zero-order chi connectivity index (χ0) is 12.1. The van der Waals surface area contributed by atoms with Crippen molar-refractivity contribution in [1.82, 2.24) is 15.3 Å². The highest BCUT2D eigenvalue weighted by atomic mass is 16.3. The average molecular weight is 223 g/mol. The molecule has 5 heteroatoms. The number of aliphatic hydroxyl groups is 1. The van der Waals surface area contributed by atoms with Gasteiger partial charge in [-0.3, -0.25) is 4.79 Å². The third-order valence-corrected chi connectivity index (χ3v) is 2.19. The molecule has 0 radical (unpaired) electrons. The topological polar surface area (TPSA) is 75.1 Å². The standard InChI is InChI=1S/C11H17N3O2/c1-7(15)4-5-12-11(16)10-6-13-9(3)14-8(10)2/h6-7,15H,4-5H2,1-3H3,(H,12,16). The molecule has 1 aromatic rings. The maximum Gasteiger partial charge on any atom is 0.254 e. The van der Waals surface area contributed by atoms with Crippen molar-refractivity contribution >= 4 is 5.91 Å². The quantitative estimate of drug-likeness (QED) is 0.783. The largest absolute Gasteiger partial charge is 0.393 e. The van der Waals surface area contributed by atoms with Crippen molar-refractivity contribution in [3.8, 4) is 0 Å². The monoisotopic (exact) mass is 223 g/mol. The molecule has 1 rings (SSSR count). The predicted octanol–water partition coefficient (Wildman–Crippen LogP) is 0.594. The van der Waals surface area contributed by atoms with Gasteiger partial charge in [-0.05, 0) is 27.2 Å². The summed E-state index contributed by atoms with van der Waals surface area (Å²) < 4.78 is 0. The summed E-state index contributed by atoms with van der Waals surface area (Å²) >= 11 is 0. The van der Waals surface area contributed by atoms with E-state index in [2.05, 4.69) is 15.3 Å². The molecule has 0 aromatic carbocycles. The number of amides is 1. The molecule has 0 aliphatic carbocycles. The van der Waals surface area contributed by atoms with Gasteiger partial charge in [0.1, 0.15) is 5.82 Å². The zero-order valence-electron chi connectivity index (χ0n) is 9.82. The second-order valence-corrected chi connectivity index (χ2v) is 3.81. The summed E-state index contributed by atoms with van der Waals surface area (Å²) in [7, 11) is 0. The first-order valence-corrected chi connectivity index (χ1v) is 5.27. The van der Waals surface area contributed by atoms with E-state index in [1.54, 1.807) is 20.8 Å². The molecule has 0 fully saturated rings. The van der Waals surface area contributed by atoms with Gasteiger partial charge in [-0.15, -0.1) is 0 Å². The number of carbonyl (C=O) groups is 1. The van der Waals surface area contributed by atoms with Crippen LogP contribution in [0.4, 0.5) is 0 Å². The number of carbonyl (C=O) groups excluding carboxylic acids is 1. The maximum absolute atomic E-state index is 11.7. The second kappa shape index (κ2) is 5.55. The van der Waals surface area contributed by atoms with Gasteiger partial charge in [-0.1, -0.05) is 0 Å². The number of nitrogens with one attached hydrogen (secondary N) is 1. The summed E-state index contributed by atoms with van der Waals surface area (Å²) in [6.45, 7) is 5.69. The lowest BCUT2D eigenvalue weighted by Crippen LogP contribution is -2.27. The van der Waals surface area contributed by atoms with E-state index in [-0.39, 0.29) is 5.91 Å². The molecule has 5 nitrogen and oxygen atoms in total. The molecule has 0 saturated heterocycles. The van der Waals surface area contributed by atoms with Crippen molar-refractivity contribution < 1.29 is 9.90 Å². The molecule has 0 aliphatic heterocycles. The molecule has 0 spiro atoms. The SMILES string of the molecule is Cc1ncc(C(=O)NCCC(C)O)c(C)n1. The van der Waals surface area contributed by atoms with Crippen molar-refractivity contribution in [2.45, 2.75) is 33.3 Å². The number of rotatable bonds is 4. The van der Waals surface area contributed by atoms with Gasteiger partial charge >= 0.3 is 0 Å². The number of aromatic nitrogens is 2. The highest BCUT2D eigenvalue weighted by molar-refractivity contribution is 5.94. The van der Waals surface area contributed by atoms with Crippen molar-refractivity contribution in [2.75, 3.05) is 6.54 Å². The summed E-state index contributed by atoms with van der Waals surface area (Å²) in [5.41, 5.74) is 1.15. The van der Waals surface area contributed by atoms with Gasteiger partial charge in [-0.25, -0.2) is 9.97 Å². The van der Waals surface area contributed by atoms with Gasteiger partial charge in [0.25, 0.3) is 5.91 Å². The predicted molar refractivity (Wildman–Crippen MR) is 60.1 cm³/mol. The van der Waals surface area contributed by atoms with Gasteiger partial charge in [0.2, 0.25) is 0 Å². The number of hydrogen-bond donors (Lipinski definition) is 2. The molecule has 2 N–H and O–H groups in total. The van der Waals surface area contributed by atoms with Gasteiger partial charge in [0.15, 0.2) is 0 Å². The lowest BCUT2D eigenvalue weighted by Gasteiger charge is -2.08. The van der Waals surface area contributed by atoms with Crippen LogP contribution in [0.5, 0.6) is 0 Å². The van der Waals surface area contributed by atoms with E-state index in [4.69, 9.17) is 5.11 Å². The van der Waals surface area contributed by atoms with Crippen LogP contribution in [0.2, 0.25) is 0 Å². The fraction of sp³-hybridized carbons (Fsp3) is 0.545. The summed E-state index contributed by atoms with van der Waals surface area (Å²) in [4.78, 5) is 19.8. The number of aliphatic hydroxyl groups excluding tert-OH is 1. The minimum absolute atomic E-state index is 0.196. The van der Waals surface area contributed by atoms with Crippen molar-refractivity contribution in [3.63, 3.8) is 0 Å². The first-order valence-electron chi connectivity index (χ1n) is 5.27. The molecule has 1 amide bonds. The van der Waals surface area contributed by atoms with Crippen LogP contribution in [0.15, 0.2) is 6.20 Å². The van der Waals surface area contributed by atoms with Crippen LogP contribution in [0, 0.1) is 13.8 Å². The third kappa shape index (κ3) is 3.58. The Bertz CT molecular complexity index is 377. The Morgan fingerprint density at radius 2 is 2.25 bits per heavy atom. The summed E-state index contributed by atoms with van der Waals surface area (Å²) in [6, 6.07) is 0. The van der Waals surface area contributed by atoms with E-state index in [1.165, 1.54) is 6.20 Å². The first kappa shape index (κ1) is 12.6. The van der Waals surface area contributed by atoms with E-state index in [9.17, 15) is 4.79 Å². The highest BCUT2D eigenvalue weighted by Crippen LogP contribution is 2.03. The minimum Gasteiger partial charge on any atom is -0.393 e. The Balaban J connectivity index is 2.59. The molecule has 0 bridgehead atoms. The van der Waals surface area contributed by atoms with E-state index in [0.717, 1.165) is 0 Å².